The first-order valence-corrected chi connectivity index (χ1v) is 5.99. The minimum atomic E-state index is -1.12. The lowest BCUT2D eigenvalue weighted by atomic mass is 10.1. The zero-order valence-corrected chi connectivity index (χ0v) is 9.75. The maximum atomic E-state index is 13.8. The van der Waals surface area contributed by atoms with Gasteiger partial charge in [0.1, 0.15) is 0 Å². The van der Waals surface area contributed by atoms with E-state index in [4.69, 9.17) is 5.11 Å². The van der Waals surface area contributed by atoms with Gasteiger partial charge in [0.2, 0.25) is 0 Å². The van der Waals surface area contributed by atoms with Crippen molar-refractivity contribution in [1.29, 1.82) is 0 Å². The van der Waals surface area contributed by atoms with Crippen molar-refractivity contribution < 1.29 is 9.50 Å². The van der Waals surface area contributed by atoms with E-state index in [0.717, 1.165) is 31.4 Å². The van der Waals surface area contributed by atoms with Crippen LogP contribution in [0.4, 0.5) is 4.39 Å². The average molecular weight is 226 g/mol. The summed E-state index contributed by atoms with van der Waals surface area (Å²) < 4.78 is 15.5. The quantitative estimate of drug-likeness (QED) is 0.754. The number of alkyl halides is 1. The molecule has 0 amide bonds. The van der Waals surface area contributed by atoms with Gasteiger partial charge in [-0.1, -0.05) is 6.42 Å². The third-order valence-corrected chi connectivity index (χ3v) is 3.22. The highest BCUT2D eigenvalue weighted by Gasteiger charge is 2.47. The van der Waals surface area contributed by atoms with Gasteiger partial charge in [0, 0.05) is 19.3 Å². The van der Waals surface area contributed by atoms with Crippen LogP contribution in [0.2, 0.25) is 0 Å². The summed E-state index contributed by atoms with van der Waals surface area (Å²) in [4.78, 5) is 0. The van der Waals surface area contributed by atoms with Crippen molar-refractivity contribution in [2.24, 2.45) is 7.05 Å². The van der Waals surface area contributed by atoms with E-state index in [9.17, 15) is 4.39 Å². The molecule has 0 aromatic carbocycles. The van der Waals surface area contributed by atoms with E-state index in [1.54, 1.807) is 4.68 Å². The molecule has 16 heavy (non-hydrogen) atoms. The lowest BCUT2D eigenvalue weighted by Crippen LogP contribution is -2.01. The highest BCUT2D eigenvalue weighted by Crippen LogP contribution is 2.48. The topological polar surface area (TPSA) is 38.0 Å². The molecule has 0 bridgehead atoms. The Hall–Kier alpha value is -0.900. The molecule has 1 fully saturated rings. The van der Waals surface area contributed by atoms with Crippen molar-refractivity contribution in [3.8, 4) is 0 Å². The second-order valence-electron chi connectivity index (χ2n) is 4.64. The Kier molecular flexibility index (Phi) is 3.28. The van der Waals surface area contributed by atoms with Crippen LogP contribution in [0.3, 0.4) is 0 Å². The molecule has 1 aliphatic rings. The SMILES string of the molecule is Cn1nc(C2(F)CC2)cc1CCCCCO. The Balaban J connectivity index is 1.91. The lowest BCUT2D eigenvalue weighted by Gasteiger charge is -2.00. The maximum Gasteiger partial charge on any atom is 0.154 e. The predicted molar refractivity (Wildman–Crippen MR) is 59.9 cm³/mol. The number of hydrogen-bond donors (Lipinski definition) is 1. The van der Waals surface area contributed by atoms with Crippen LogP contribution >= 0.6 is 0 Å². The molecule has 0 saturated heterocycles. The Bertz CT molecular complexity index is 358. The molecule has 0 radical (unpaired) electrons. The minimum Gasteiger partial charge on any atom is -0.396 e. The van der Waals surface area contributed by atoms with Gasteiger partial charge in [-0.2, -0.15) is 5.10 Å². The summed E-state index contributed by atoms with van der Waals surface area (Å²) in [5.74, 6) is 0. The Morgan fingerprint density at radius 2 is 2.19 bits per heavy atom. The zero-order valence-electron chi connectivity index (χ0n) is 9.75. The molecule has 1 heterocycles. The second-order valence-corrected chi connectivity index (χ2v) is 4.64. The maximum absolute atomic E-state index is 13.8. The monoisotopic (exact) mass is 226 g/mol. The van der Waals surface area contributed by atoms with Gasteiger partial charge in [0.15, 0.2) is 5.67 Å². The first kappa shape index (κ1) is 11.6. The predicted octanol–water partition coefficient (Wildman–Crippen LogP) is 2.08. The summed E-state index contributed by atoms with van der Waals surface area (Å²) in [6.07, 6.45) is 5.04. The van der Waals surface area contributed by atoms with E-state index >= 15 is 0 Å². The minimum absolute atomic E-state index is 0.254. The molecule has 3 nitrogen and oxygen atoms in total. The Morgan fingerprint density at radius 3 is 2.81 bits per heavy atom. The van der Waals surface area contributed by atoms with Gasteiger partial charge in [-0.15, -0.1) is 0 Å². The summed E-state index contributed by atoms with van der Waals surface area (Å²) in [7, 11) is 1.87. The number of hydrogen-bond acceptors (Lipinski definition) is 2. The van der Waals surface area contributed by atoms with Crippen molar-refractivity contribution >= 4 is 0 Å². The zero-order chi connectivity index (χ0) is 11.6. The first-order valence-electron chi connectivity index (χ1n) is 5.99. The molecule has 0 spiro atoms. The van der Waals surface area contributed by atoms with Crippen LogP contribution in [0.5, 0.6) is 0 Å². The number of nitrogens with zero attached hydrogens (tertiary/aromatic N) is 2. The molecular weight excluding hydrogens is 207 g/mol. The van der Waals surface area contributed by atoms with E-state index in [1.807, 2.05) is 13.1 Å². The average Bonchev–Trinajstić information content (AvgIpc) is 2.89. The van der Waals surface area contributed by atoms with Gasteiger partial charge in [-0.05, 0) is 38.2 Å². The summed E-state index contributed by atoms with van der Waals surface area (Å²) in [6, 6.07) is 1.89. The molecule has 1 saturated carbocycles. The number of aromatic nitrogens is 2. The standard InChI is InChI=1S/C12H19FN2O/c1-15-10(5-3-2-4-8-16)9-11(14-15)12(13)6-7-12/h9,16H,2-8H2,1H3. The van der Waals surface area contributed by atoms with Crippen LogP contribution in [-0.4, -0.2) is 21.5 Å². The summed E-state index contributed by atoms with van der Waals surface area (Å²) in [6.45, 7) is 0.254. The third-order valence-electron chi connectivity index (χ3n) is 3.22. The molecular formula is C12H19FN2O. The van der Waals surface area contributed by atoms with E-state index < -0.39 is 5.67 Å². The lowest BCUT2D eigenvalue weighted by molar-refractivity contribution is 0.283. The second kappa shape index (κ2) is 4.53. The van der Waals surface area contributed by atoms with Crippen molar-refractivity contribution in [1.82, 2.24) is 9.78 Å². The molecule has 1 aliphatic carbocycles. The number of aliphatic hydroxyl groups excluding tert-OH is 1. The van der Waals surface area contributed by atoms with Crippen LogP contribution in [0.1, 0.15) is 43.5 Å². The van der Waals surface area contributed by atoms with E-state index in [-0.39, 0.29) is 6.61 Å². The number of rotatable bonds is 6. The van der Waals surface area contributed by atoms with Crippen LogP contribution in [0.25, 0.3) is 0 Å². The number of aryl methyl sites for hydroxylation is 2. The van der Waals surface area contributed by atoms with E-state index in [1.165, 1.54) is 0 Å². The Morgan fingerprint density at radius 1 is 1.44 bits per heavy atom. The van der Waals surface area contributed by atoms with E-state index in [0.29, 0.717) is 18.5 Å². The molecule has 2 rings (SSSR count). The van der Waals surface area contributed by atoms with Gasteiger partial charge < -0.3 is 5.11 Å². The summed E-state index contributed by atoms with van der Waals surface area (Å²) in [5, 5.41) is 12.9. The number of unbranched alkanes of at least 4 members (excludes halogenated alkanes) is 2. The van der Waals surface area contributed by atoms with Crippen molar-refractivity contribution in [2.45, 2.75) is 44.2 Å². The fourth-order valence-electron chi connectivity index (χ4n) is 1.92. The van der Waals surface area contributed by atoms with Gasteiger partial charge in [0.25, 0.3) is 0 Å². The number of aliphatic hydroxyl groups is 1. The molecule has 0 atom stereocenters. The molecule has 90 valence electrons. The summed E-state index contributed by atoms with van der Waals surface area (Å²) >= 11 is 0. The first-order chi connectivity index (χ1) is 7.65. The smallest absolute Gasteiger partial charge is 0.154 e. The summed E-state index contributed by atoms with van der Waals surface area (Å²) in [5.41, 5.74) is 0.574. The molecule has 4 heteroatoms. The van der Waals surface area contributed by atoms with Crippen molar-refractivity contribution in [2.75, 3.05) is 6.61 Å². The highest BCUT2D eigenvalue weighted by atomic mass is 19.1. The molecule has 0 aliphatic heterocycles. The van der Waals surface area contributed by atoms with Crippen molar-refractivity contribution in [3.05, 3.63) is 17.5 Å². The Labute approximate surface area is 95.3 Å². The largest absolute Gasteiger partial charge is 0.396 e. The molecule has 1 aromatic heterocycles. The van der Waals surface area contributed by atoms with Gasteiger partial charge in [-0.3, -0.25) is 4.68 Å². The fraction of sp³-hybridized carbons (Fsp3) is 0.750. The molecule has 1 aromatic rings. The fourth-order valence-corrected chi connectivity index (χ4v) is 1.92. The van der Waals surface area contributed by atoms with Crippen molar-refractivity contribution in [3.63, 3.8) is 0 Å². The van der Waals surface area contributed by atoms with Crippen LogP contribution in [0.15, 0.2) is 6.07 Å². The third kappa shape index (κ3) is 2.43. The van der Waals surface area contributed by atoms with Gasteiger partial charge in [-0.25, -0.2) is 4.39 Å². The van der Waals surface area contributed by atoms with Gasteiger partial charge in [0.05, 0.1) is 5.69 Å². The molecule has 0 unspecified atom stereocenters. The van der Waals surface area contributed by atoms with E-state index in [2.05, 4.69) is 5.10 Å². The molecule has 1 N–H and O–H groups in total. The normalized spacial score (nSPS) is 17.7. The van der Waals surface area contributed by atoms with Crippen LogP contribution < -0.4 is 0 Å². The van der Waals surface area contributed by atoms with Crippen LogP contribution in [0, 0.1) is 0 Å². The number of halogens is 1. The highest BCUT2D eigenvalue weighted by molar-refractivity contribution is 5.22. The van der Waals surface area contributed by atoms with Crippen LogP contribution in [-0.2, 0) is 19.1 Å². The van der Waals surface area contributed by atoms with Gasteiger partial charge >= 0.3 is 0 Å².